The van der Waals surface area contributed by atoms with E-state index in [9.17, 15) is 9.18 Å². The van der Waals surface area contributed by atoms with E-state index in [4.69, 9.17) is 0 Å². The molecule has 1 aromatic rings. The summed E-state index contributed by atoms with van der Waals surface area (Å²) in [5, 5.41) is 0. The molecular formula is C12H11BrFNO. The molecule has 1 saturated carbocycles. The summed E-state index contributed by atoms with van der Waals surface area (Å²) in [4.78, 5) is 14.3. The molecule has 2 rings (SSSR count). The number of aliphatic imine (C=N–C) groups is 1. The molecule has 0 aromatic heterocycles. The van der Waals surface area contributed by atoms with Crippen molar-refractivity contribution >= 4 is 22.0 Å². The lowest BCUT2D eigenvalue weighted by Crippen LogP contribution is -2.33. The molecule has 1 aromatic carbocycles. The zero-order valence-electron chi connectivity index (χ0n) is 8.89. The Morgan fingerprint density at radius 1 is 1.50 bits per heavy atom. The van der Waals surface area contributed by atoms with Crippen molar-refractivity contribution in [1.82, 2.24) is 0 Å². The Balaban J connectivity index is 2.58. The van der Waals surface area contributed by atoms with Gasteiger partial charge in [-0.3, -0.25) is 0 Å². The van der Waals surface area contributed by atoms with Crippen molar-refractivity contribution in [3.05, 3.63) is 33.5 Å². The van der Waals surface area contributed by atoms with Crippen LogP contribution < -0.4 is 0 Å². The molecule has 0 amide bonds. The second-order valence-electron chi connectivity index (χ2n) is 4.17. The van der Waals surface area contributed by atoms with Gasteiger partial charge in [-0.05, 0) is 43.9 Å². The van der Waals surface area contributed by atoms with Crippen LogP contribution in [0, 0.1) is 12.7 Å². The number of nitrogens with zero attached hydrogens (tertiary/aromatic N) is 1. The predicted octanol–water partition coefficient (Wildman–Crippen LogP) is 3.61. The van der Waals surface area contributed by atoms with Crippen LogP contribution >= 0.6 is 15.9 Å². The fourth-order valence-corrected chi connectivity index (χ4v) is 2.68. The van der Waals surface area contributed by atoms with Crippen LogP contribution in [0.2, 0.25) is 0 Å². The lowest BCUT2D eigenvalue weighted by atomic mass is 9.72. The third kappa shape index (κ3) is 1.72. The Labute approximate surface area is 102 Å². The van der Waals surface area contributed by atoms with E-state index >= 15 is 0 Å². The van der Waals surface area contributed by atoms with E-state index < -0.39 is 5.54 Å². The van der Waals surface area contributed by atoms with Gasteiger partial charge in [-0.2, -0.15) is 4.99 Å². The summed E-state index contributed by atoms with van der Waals surface area (Å²) in [5.41, 5.74) is 0.408. The van der Waals surface area contributed by atoms with Gasteiger partial charge >= 0.3 is 0 Å². The molecule has 2 nitrogen and oxygen atoms in total. The maximum absolute atomic E-state index is 14.0. The molecule has 4 heteroatoms. The van der Waals surface area contributed by atoms with Crippen molar-refractivity contribution in [1.29, 1.82) is 0 Å². The van der Waals surface area contributed by atoms with Gasteiger partial charge in [0.2, 0.25) is 6.08 Å². The smallest absolute Gasteiger partial charge is 0.211 e. The van der Waals surface area contributed by atoms with Crippen LogP contribution in [-0.4, -0.2) is 6.08 Å². The third-order valence-electron chi connectivity index (χ3n) is 3.16. The van der Waals surface area contributed by atoms with Gasteiger partial charge in [-0.15, -0.1) is 0 Å². The molecule has 0 heterocycles. The van der Waals surface area contributed by atoms with Gasteiger partial charge in [0, 0.05) is 10.0 Å². The van der Waals surface area contributed by atoms with E-state index in [2.05, 4.69) is 20.9 Å². The molecule has 0 spiro atoms. The van der Waals surface area contributed by atoms with E-state index in [1.54, 1.807) is 25.1 Å². The van der Waals surface area contributed by atoms with Crippen LogP contribution in [0.15, 0.2) is 21.6 Å². The second kappa shape index (κ2) is 4.11. The third-order valence-corrected chi connectivity index (χ3v) is 3.62. The minimum Gasteiger partial charge on any atom is -0.211 e. The van der Waals surface area contributed by atoms with Gasteiger partial charge in [0.15, 0.2) is 0 Å². The van der Waals surface area contributed by atoms with Crippen molar-refractivity contribution in [2.45, 2.75) is 31.7 Å². The highest BCUT2D eigenvalue weighted by Gasteiger charge is 2.41. The minimum atomic E-state index is -0.666. The van der Waals surface area contributed by atoms with E-state index in [0.29, 0.717) is 11.1 Å². The lowest BCUT2D eigenvalue weighted by molar-refractivity contribution is 0.247. The van der Waals surface area contributed by atoms with Crippen molar-refractivity contribution in [2.75, 3.05) is 0 Å². The number of benzene rings is 1. The first kappa shape index (κ1) is 11.5. The molecule has 1 aliphatic rings. The average Bonchev–Trinajstić information content (AvgIpc) is 2.17. The predicted molar refractivity (Wildman–Crippen MR) is 62.5 cm³/mol. The molecule has 1 fully saturated rings. The largest absolute Gasteiger partial charge is 0.235 e. The maximum Gasteiger partial charge on any atom is 0.235 e. The lowest BCUT2D eigenvalue weighted by Gasteiger charge is -2.37. The average molecular weight is 284 g/mol. The fourth-order valence-electron chi connectivity index (χ4n) is 2.10. The van der Waals surface area contributed by atoms with Crippen LogP contribution in [-0.2, 0) is 10.3 Å². The van der Waals surface area contributed by atoms with Crippen molar-refractivity contribution in [3.8, 4) is 0 Å². The number of isocyanates is 1. The Hall–Kier alpha value is -0.990. The number of halogens is 2. The Kier molecular flexibility index (Phi) is 2.96. The van der Waals surface area contributed by atoms with Crippen LogP contribution in [0.1, 0.15) is 30.4 Å². The van der Waals surface area contributed by atoms with Gasteiger partial charge in [-0.1, -0.05) is 15.9 Å². The van der Waals surface area contributed by atoms with Gasteiger partial charge in [0.1, 0.15) is 11.4 Å². The van der Waals surface area contributed by atoms with Crippen molar-refractivity contribution in [3.63, 3.8) is 0 Å². The highest BCUT2D eigenvalue weighted by Crippen LogP contribution is 2.46. The van der Waals surface area contributed by atoms with Gasteiger partial charge in [0.25, 0.3) is 0 Å². The molecule has 16 heavy (non-hydrogen) atoms. The summed E-state index contributed by atoms with van der Waals surface area (Å²) in [6, 6.07) is 3.43. The summed E-state index contributed by atoms with van der Waals surface area (Å²) in [7, 11) is 0. The SMILES string of the molecule is Cc1cc(Br)cc(C2(N=C=O)CCC2)c1F. The minimum absolute atomic E-state index is 0.262. The van der Waals surface area contributed by atoms with E-state index in [1.807, 2.05) is 0 Å². The molecule has 0 saturated heterocycles. The summed E-state index contributed by atoms with van der Waals surface area (Å²) < 4.78 is 14.8. The second-order valence-corrected chi connectivity index (χ2v) is 5.09. The van der Waals surface area contributed by atoms with Crippen molar-refractivity contribution < 1.29 is 9.18 Å². The van der Waals surface area contributed by atoms with Crippen LogP contribution in [0.4, 0.5) is 4.39 Å². The summed E-state index contributed by atoms with van der Waals surface area (Å²) in [5.74, 6) is -0.262. The Morgan fingerprint density at radius 2 is 2.19 bits per heavy atom. The monoisotopic (exact) mass is 283 g/mol. The number of rotatable bonds is 2. The molecular weight excluding hydrogens is 273 g/mol. The number of hydrogen-bond acceptors (Lipinski definition) is 2. The molecule has 0 radical (unpaired) electrons. The molecule has 0 aliphatic heterocycles. The number of carbonyl (C=O) groups excluding carboxylic acids is 1. The van der Waals surface area contributed by atoms with E-state index in [1.165, 1.54) is 0 Å². The topological polar surface area (TPSA) is 29.4 Å². The Morgan fingerprint density at radius 3 is 2.69 bits per heavy atom. The first-order valence-corrected chi connectivity index (χ1v) is 5.93. The normalized spacial score (nSPS) is 17.4. The summed E-state index contributed by atoms with van der Waals surface area (Å²) >= 11 is 3.34. The van der Waals surface area contributed by atoms with Crippen LogP contribution in [0.25, 0.3) is 0 Å². The highest BCUT2D eigenvalue weighted by molar-refractivity contribution is 9.10. The van der Waals surface area contributed by atoms with Crippen LogP contribution in [0.3, 0.4) is 0 Å². The number of aryl methyl sites for hydroxylation is 1. The van der Waals surface area contributed by atoms with E-state index in [-0.39, 0.29) is 5.82 Å². The van der Waals surface area contributed by atoms with Gasteiger partial charge in [-0.25, -0.2) is 9.18 Å². The van der Waals surface area contributed by atoms with Gasteiger partial charge < -0.3 is 0 Å². The molecule has 0 N–H and O–H groups in total. The highest BCUT2D eigenvalue weighted by atomic mass is 79.9. The quantitative estimate of drug-likeness (QED) is 0.602. The Bertz CT molecular complexity index is 476. The standard InChI is InChI=1S/C12H11BrFNO/c1-8-5-9(13)6-10(11(8)14)12(15-7-16)3-2-4-12/h5-6H,2-4H2,1H3. The summed E-state index contributed by atoms with van der Waals surface area (Å²) in [6.45, 7) is 1.71. The van der Waals surface area contributed by atoms with Crippen LogP contribution in [0.5, 0.6) is 0 Å². The first-order valence-electron chi connectivity index (χ1n) is 5.14. The van der Waals surface area contributed by atoms with E-state index in [0.717, 1.165) is 23.7 Å². The zero-order valence-corrected chi connectivity index (χ0v) is 10.5. The fraction of sp³-hybridized carbons (Fsp3) is 0.417. The first-order chi connectivity index (χ1) is 7.59. The molecule has 0 atom stereocenters. The summed E-state index contributed by atoms with van der Waals surface area (Å²) in [6.07, 6.45) is 3.97. The van der Waals surface area contributed by atoms with Crippen molar-refractivity contribution in [2.24, 2.45) is 4.99 Å². The zero-order chi connectivity index (χ0) is 11.8. The maximum atomic E-state index is 14.0. The molecule has 1 aliphatic carbocycles. The molecule has 0 bridgehead atoms. The molecule has 0 unspecified atom stereocenters. The van der Waals surface area contributed by atoms with Gasteiger partial charge in [0.05, 0.1) is 0 Å². The number of hydrogen-bond donors (Lipinski definition) is 0. The molecule has 84 valence electrons.